The number of terminal acetylenes is 1. The van der Waals surface area contributed by atoms with Crippen molar-refractivity contribution in [3.05, 3.63) is 0 Å². The van der Waals surface area contributed by atoms with Crippen molar-refractivity contribution in [3.63, 3.8) is 0 Å². The zero-order chi connectivity index (χ0) is 22.9. The van der Waals surface area contributed by atoms with E-state index in [1.165, 1.54) is 6.92 Å². The van der Waals surface area contributed by atoms with E-state index < -0.39 is 48.5 Å². The largest absolute Gasteiger partial charge is 0.456 e. The molecule has 0 aromatic rings. The standard InChI is InChI=1S/C20H30NO9/c1-7-10-21(5,6)11-8-9-17(25)30-20-19(29-15(4)24)18(28-14(3)23)16(12-26-20)27-13(2)22/h1,16,18-20H,8-12H2,2-6H3/q+1/t16-,18?,19-,20?/m1/s1. The lowest BCUT2D eigenvalue weighted by molar-refractivity contribution is -0.883. The summed E-state index contributed by atoms with van der Waals surface area (Å²) in [5.74, 6) is -0.0231. The Hall–Kier alpha value is -2.64. The van der Waals surface area contributed by atoms with E-state index >= 15 is 0 Å². The van der Waals surface area contributed by atoms with Crippen molar-refractivity contribution in [3.8, 4) is 12.3 Å². The molecule has 2 unspecified atom stereocenters. The Morgan fingerprint density at radius 3 is 2.07 bits per heavy atom. The molecule has 1 rings (SSSR count). The number of nitrogens with zero attached hydrogens (tertiary/aromatic N) is 1. The van der Waals surface area contributed by atoms with E-state index in [9.17, 15) is 19.2 Å². The van der Waals surface area contributed by atoms with Crippen LogP contribution in [-0.4, -0.2) is 86.8 Å². The smallest absolute Gasteiger partial charge is 0.308 e. The van der Waals surface area contributed by atoms with Crippen LogP contribution in [0, 0.1) is 12.3 Å². The first-order valence-electron chi connectivity index (χ1n) is 9.53. The van der Waals surface area contributed by atoms with E-state index in [1.807, 2.05) is 14.1 Å². The third-order valence-electron chi connectivity index (χ3n) is 4.22. The van der Waals surface area contributed by atoms with Crippen LogP contribution in [0.15, 0.2) is 0 Å². The number of carbonyl (C=O) groups excluding carboxylic acids is 4. The summed E-state index contributed by atoms with van der Waals surface area (Å²) >= 11 is 0. The summed E-state index contributed by atoms with van der Waals surface area (Å²) in [5.41, 5.74) is 0. The van der Waals surface area contributed by atoms with Crippen LogP contribution < -0.4 is 0 Å². The van der Waals surface area contributed by atoms with Gasteiger partial charge in [-0.05, 0) is 5.92 Å². The van der Waals surface area contributed by atoms with E-state index in [2.05, 4.69) is 5.92 Å². The second-order valence-corrected chi connectivity index (χ2v) is 7.61. The molecule has 0 saturated carbocycles. The van der Waals surface area contributed by atoms with Crippen molar-refractivity contribution >= 4 is 23.9 Å². The molecule has 30 heavy (non-hydrogen) atoms. The molecule has 10 nitrogen and oxygen atoms in total. The van der Waals surface area contributed by atoms with Gasteiger partial charge in [0, 0.05) is 27.2 Å². The Bertz CT molecular complexity index is 682. The Morgan fingerprint density at radius 2 is 1.53 bits per heavy atom. The van der Waals surface area contributed by atoms with Gasteiger partial charge in [-0.2, -0.15) is 0 Å². The Morgan fingerprint density at radius 1 is 0.967 bits per heavy atom. The first-order chi connectivity index (χ1) is 13.9. The Labute approximate surface area is 176 Å². The van der Waals surface area contributed by atoms with Gasteiger partial charge in [0.15, 0.2) is 12.2 Å². The normalized spacial score (nSPS) is 23.6. The maximum Gasteiger partial charge on any atom is 0.308 e. The molecule has 1 heterocycles. The first-order valence-corrected chi connectivity index (χ1v) is 9.53. The summed E-state index contributed by atoms with van der Waals surface area (Å²) in [5, 5.41) is 0. The van der Waals surface area contributed by atoms with Gasteiger partial charge in [0.1, 0.15) is 6.54 Å². The van der Waals surface area contributed by atoms with Crippen LogP contribution in [-0.2, 0) is 42.9 Å². The Balaban J connectivity index is 2.84. The molecule has 10 heteroatoms. The van der Waals surface area contributed by atoms with E-state index in [-0.39, 0.29) is 13.0 Å². The van der Waals surface area contributed by atoms with Gasteiger partial charge in [0.05, 0.1) is 33.7 Å². The average Bonchev–Trinajstić information content (AvgIpc) is 2.58. The topological polar surface area (TPSA) is 114 Å². The van der Waals surface area contributed by atoms with Crippen molar-refractivity contribution in [2.24, 2.45) is 0 Å². The molecule has 0 bridgehead atoms. The number of hydrogen-bond acceptors (Lipinski definition) is 9. The minimum Gasteiger partial charge on any atom is -0.456 e. The van der Waals surface area contributed by atoms with Crippen molar-refractivity contribution in [1.82, 2.24) is 0 Å². The number of ether oxygens (including phenoxy) is 5. The van der Waals surface area contributed by atoms with Gasteiger partial charge in [0.25, 0.3) is 0 Å². The van der Waals surface area contributed by atoms with Crippen molar-refractivity contribution in [2.75, 3.05) is 33.8 Å². The highest BCUT2D eigenvalue weighted by atomic mass is 16.7. The highest BCUT2D eigenvalue weighted by Gasteiger charge is 2.48. The number of rotatable bonds is 9. The SMILES string of the molecule is C#CC[N+](C)(C)CCCC(=O)OC1OC[C@@H](OC(C)=O)C(OC(C)=O)[C@H]1OC(C)=O. The summed E-state index contributed by atoms with van der Waals surface area (Å²) < 4.78 is 26.8. The molecule has 0 amide bonds. The van der Waals surface area contributed by atoms with E-state index in [4.69, 9.17) is 30.1 Å². The van der Waals surface area contributed by atoms with Gasteiger partial charge in [-0.15, -0.1) is 6.42 Å². The van der Waals surface area contributed by atoms with E-state index in [0.717, 1.165) is 13.8 Å². The lowest BCUT2D eigenvalue weighted by atomic mass is 10.0. The van der Waals surface area contributed by atoms with E-state index in [0.29, 0.717) is 24.0 Å². The highest BCUT2D eigenvalue weighted by molar-refractivity contribution is 5.70. The van der Waals surface area contributed by atoms with Gasteiger partial charge < -0.3 is 28.2 Å². The van der Waals surface area contributed by atoms with Gasteiger partial charge >= 0.3 is 23.9 Å². The number of quaternary nitrogens is 1. The van der Waals surface area contributed by atoms with Crippen LogP contribution in [0.4, 0.5) is 0 Å². The third-order valence-corrected chi connectivity index (χ3v) is 4.22. The molecular formula is C20H30NO9+. The zero-order valence-corrected chi connectivity index (χ0v) is 18.0. The van der Waals surface area contributed by atoms with Crippen LogP contribution in [0.25, 0.3) is 0 Å². The first kappa shape index (κ1) is 25.4. The van der Waals surface area contributed by atoms with Crippen LogP contribution >= 0.6 is 0 Å². The summed E-state index contributed by atoms with van der Waals surface area (Å²) in [6.07, 6.45) is 1.12. The Kier molecular flexibility index (Phi) is 9.75. The molecule has 1 aliphatic heterocycles. The fourth-order valence-electron chi connectivity index (χ4n) is 2.98. The van der Waals surface area contributed by atoms with Crippen LogP contribution in [0.3, 0.4) is 0 Å². The summed E-state index contributed by atoms with van der Waals surface area (Å²) in [6, 6.07) is 0. The molecule has 1 saturated heterocycles. The second-order valence-electron chi connectivity index (χ2n) is 7.61. The summed E-state index contributed by atoms with van der Waals surface area (Å²) in [4.78, 5) is 46.7. The van der Waals surface area contributed by atoms with Gasteiger partial charge in [-0.1, -0.05) is 0 Å². The molecule has 4 atom stereocenters. The number of carbonyl (C=O) groups is 4. The molecule has 0 aromatic heterocycles. The lowest BCUT2D eigenvalue weighted by Crippen LogP contribution is -2.58. The lowest BCUT2D eigenvalue weighted by Gasteiger charge is -2.39. The van der Waals surface area contributed by atoms with Crippen LogP contribution in [0.1, 0.15) is 33.6 Å². The maximum atomic E-state index is 12.3. The second kappa shape index (κ2) is 11.5. The number of esters is 4. The minimum absolute atomic E-state index is 0.0878. The highest BCUT2D eigenvalue weighted by Crippen LogP contribution is 2.25. The van der Waals surface area contributed by atoms with E-state index in [1.54, 1.807) is 0 Å². The van der Waals surface area contributed by atoms with Crippen molar-refractivity contribution in [2.45, 2.75) is 58.2 Å². The van der Waals surface area contributed by atoms with Gasteiger partial charge in [-0.25, -0.2) is 0 Å². The summed E-state index contributed by atoms with van der Waals surface area (Å²) in [6.45, 7) is 4.45. The quantitative estimate of drug-likeness (QED) is 0.219. The van der Waals surface area contributed by atoms with Crippen LogP contribution in [0.2, 0.25) is 0 Å². The minimum atomic E-state index is -1.31. The monoisotopic (exact) mass is 428 g/mol. The molecular weight excluding hydrogens is 398 g/mol. The molecule has 1 fully saturated rings. The molecule has 0 radical (unpaired) electrons. The van der Waals surface area contributed by atoms with Crippen molar-refractivity contribution in [1.29, 1.82) is 0 Å². The molecule has 168 valence electrons. The maximum absolute atomic E-state index is 12.3. The molecule has 1 aliphatic rings. The predicted octanol–water partition coefficient (Wildman–Crippen LogP) is 0.171. The summed E-state index contributed by atoms with van der Waals surface area (Å²) in [7, 11) is 3.90. The third kappa shape index (κ3) is 8.80. The van der Waals surface area contributed by atoms with Gasteiger partial charge in [0.2, 0.25) is 12.4 Å². The van der Waals surface area contributed by atoms with Crippen LogP contribution in [0.5, 0.6) is 0 Å². The molecule has 0 aliphatic carbocycles. The fraction of sp³-hybridized carbons (Fsp3) is 0.700. The van der Waals surface area contributed by atoms with Gasteiger partial charge in [-0.3, -0.25) is 19.2 Å². The predicted molar refractivity (Wildman–Crippen MR) is 102 cm³/mol. The fourth-order valence-corrected chi connectivity index (χ4v) is 2.98. The number of hydrogen-bond donors (Lipinski definition) is 0. The molecule has 0 N–H and O–H groups in total. The molecule has 0 spiro atoms. The average molecular weight is 428 g/mol. The van der Waals surface area contributed by atoms with Crippen molar-refractivity contribution < 1.29 is 47.3 Å². The molecule has 0 aromatic carbocycles. The zero-order valence-electron chi connectivity index (χ0n) is 18.0.